The maximum Gasteiger partial charge on any atom is 0.111 e. The van der Waals surface area contributed by atoms with E-state index in [-0.39, 0.29) is 24.6 Å². The van der Waals surface area contributed by atoms with Crippen LogP contribution in [0.15, 0.2) is 0 Å². The third-order valence-corrected chi connectivity index (χ3v) is 10.1. The number of carboxylic acid groups (broad SMARTS) is 1. The van der Waals surface area contributed by atoms with Crippen LogP contribution >= 0.6 is 0 Å². The fourth-order valence-corrected chi connectivity index (χ4v) is 7.64. The van der Waals surface area contributed by atoms with Gasteiger partial charge in [-0.3, -0.25) is 0 Å². The van der Waals surface area contributed by atoms with Gasteiger partial charge < -0.3 is 35.6 Å². The summed E-state index contributed by atoms with van der Waals surface area (Å²) in [6.07, 6.45) is 12.4. The SMILES string of the molecule is C[C@H]1[C@H](O)CC[C@H]2C[C@H](CC[C@H]3C#CC[C@@H]4C[C@@](C)(CCN4)NC[C@](O)(CC(=O)[O-])CCCC3)CC[NH+]21. The molecule has 3 saturated heterocycles. The van der Waals surface area contributed by atoms with Crippen molar-refractivity contribution in [3.05, 3.63) is 0 Å². The molecule has 7 heteroatoms. The summed E-state index contributed by atoms with van der Waals surface area (Å²) < 4.78 is 0. The van der Waals surface area contributed by atoms with Gasteiger partial charge in [0.15, 0.2) is 0 Å². The maximum absolute atomic E-state index is 11.4. The molecule has 0 radical (unpaired) electrons. The van der Waals surface area contributed by atoms with E-state index >= 15 is 0 Å². The van der Waals surface area contributed by atoms with Gasteiger partial charge in [0.2, 0.25) is 0 Å². The van der Waals surface area contributed by atoms with Crippen LogP contribution in [0.4, 0.5) is 0 Å². The smallest absolute Gasteiger partial charge is 0.111 e. The number of hydrogen-bond acceptors (Lipinski definition) is 6. The number of quaternary nitrogens is 1. The zero-order chi connectivity index (χ0) is 26.5. The Hall–Kier alpha value is -1.17. The van der Waals surface area contributed by atoms with Crippen LogP contribution in [-0.4, -0.2) is 71.2 Å². The highest BCUT2D eigenvalue weighted by Gasteiger charge is 2.41. The Morgan fingerprint density at radius 2 is 2.00 bits per heavy atom. The van der Waals surface area contributed by atoms with Crippen LogP contribution in [0.3, 0.4) is 0 Å². The first-order valence-electron chi connectivity index (χ1n) is 15.1. The van der Waals surface area contributed by atoms with E-state index in [2.05, 4.69) is 36.3 Å². The summed E-state index contributed by atoms with van der Waals surface area (Å²) in [5.41, 5.74) is -1.40. The van der Waals surface area contributed by atoms with Crippen molar-refractivity contribution in [1.82, 2.24) is 10.6 Å². The second-order valence-electron chi connectivity index (χ2n) is 13.2. The highest BCUT2D eigenvalue weighted by Crippen LogP contribution is 2.29. The van der Waals surface area contributed by atoms with Crippen molar-refractivity contribution in [2.45, 2.75) is 139 Å². The van der Waals surface area contributed by atoms with E-state index in [4.69, 9.17) is 0 Å². The van der Waals surface area contributed by atoms with Gasteiger partial charge in [0.05, 0.1) is 18.2 Å². The molecule has 1 unspecified atom stereocenters. The van der Waals surface area contributed by atoms with Gasteiger partial charge in [0.25, 0.3) is 0 Å². The molecule has 2 bridgehead atoms. The van der Waals surface area contributed by atoms with Gasteiger partial charge in [0, 0.05) is 55.7 Å². The van der Waals surface area contributed by atoms with Gasteiger partial charge in [-0.25, -0.2) is 0 Å². The topological polar surface area (TPSA) is 109 Å². The van der Waals surface area contributed by atoms with Gasteiger partial charge in [0.1, 0.15) is 12.1 Å². The molecule has 0 aromatic carbocycles. The van der Waals surface area contributed by atoms with E-state index in [0.717, 1.165) is 70.3 Å². The van der Waals surface area contributed by atoms with Crippen molar-refractivity contribution in [2.24, 2.45) is 11.8 Å². The predicted molar refractivity (Wildman–Crippen MR) is 143 cm³/mol. The van der Waals surface area contributed by atoms with E-state index in [1.807, 2.05) is 0 Å². The largest absolute Gasteiger partial charge is 0.550 e. The molecule has 7 nitrogen and oxygen atoms in total. The minimum Gasteiger partial charge on any atom is -0.550 e. The molecule has 0 aliphatic carbocycles. The van der Waals surface area contributed by atoms with Crippen molar-refractivity contribution >= 4 is 5.97 Å². The number of nitrogens with one attached hydrogen (secondary N) is 3. The Kier molecular flexibility index (Phi) is 9.96. The van der Waals surface area contributed by atoms with Gasteiger partial charge in [-0.05, 0) is 77.7 Å². The Labute approximate surface area is 224 Å². The highest BCUT2D eigenvalue weighted by molar-refractivity contribution is 5.65. The average Bonchev–Trinajstić information content (AvgIpc) is 2.85. The Morgan fingerprint density at radius 1 is 1.16 bits per heavy atom. The molecular formula is C30H51N3O4. The molecule has 0 amide bonds. The molecule has 0 aromatic heterocycles. The van der Waals surface area contributed by atoms with Gasteiger partial charge in [-0.1, -0.05) is 18.8 Å². The van der Waals surface area contributed by atoms with Crippen molar-refractivity contribution in [1.29, 1.82) is 0 Å². The maximum atomic E-state index is 11.4. The predicted octanol–water partition coefficient (Wildman–Crippen LogP) is 0.528. The Morgan fingerprint density at radius 3 is 2.81 bits per heavy atom. The summed E-state index contributed by atoms with van der Waals surface area (Å²) in [7, 11) is 0. The third kappa shape index (κ3) is 8.16. The zero-order valence-corrected chi connectivity index (χ0v) is 23.2. The normalized spacial score (nSPS) is 43.5. The molecule has 4 heterocycles. The second-order valence-corrected chi connectivity index (χ2v) is 13.2. The Balaban J connectivity index is 1.36. The van der Waals surface area contributed by atoms with Crippen molar-refractivity contribution in [3.63, 3.8) is 0 Å². The first-order valence-corrected chi connectivity index (χ1v) is 15.1. The summed E-state index contributed by atoms with van der Waals surface area (Å²) in [4.78, 5) is 13.0. The van der Waals surface area contributed by atoms with Crippen molar-refractivity contribution in [2.75, 3.05) is 19.6 Å². The monoisotopic (exact) mass is 517 g/mol. The van der Waals surface area contributed by atoms with E-state index in [1.54, 1.807) is 4.90 Å². The molecule has 0 spiro atoms. The van der Waals surface area contributed by atoms with Crippen LogP contribution in [0.5, 0.6) is 0 Å². The molecule has 3 fully saturated rings. The molecular weight excluding hydrogens is 466 g/mol. The lowest BCUT2D eigenvalue weighted by molar-refractivity contribution is -0.962. The lowest BCUT2D eigenvalue weighted by Crippen LogP contribution is -3.22. The number of rotatable bonds is 5. The first kappa shape index (κ1) is 28.8. The minimum absolute atomic E-state index is 0.134. The molecule has 37 heavy (non-hydrogen) atoms. The molecule has 9 atom stereocenters. The summed E-state index contributed by atoms with van der Waals surface area (Å²) >= 11 is 0. The number of fused-ring (bicyclic) bond motifs is 3. The summed E-state index contributed by atoms with van der Waals surface area (Å²) in [5.74, 6) is 7.11. The molecule has 4 aliphatic rings. The number of carbonyl (C=O) groups excluding carboxylic acids is 1. The number of piperidine rings is 3. The number of aliphatic hydroxyl groups excluding tert-OH is 1. The molecule has 0 saturated carbocycles. The molecule has 5 N–H and O–H groups in total. The van der Waals surface area contributed by atoms with Crippen LogP contribution < -0.4 is 20.6 Å². The molecule has 210 valence electrons. The van der Waals surface area contributed by atoms with Crippen LogP contribution in [0, 0.1) is 23.7 Å². The van der Waals surface area contributed by atoms with Crippen LogP contribution in [0.25, 0.3) is 0 Å². The average molecular weight is 518 g/mol. The molecule has 0 aromatic rings. The van der Waals surface area contributed by atoms with E-state index in [9.17, 15) is 20.1 Å². The number of β-amino-alcohol motifs (C(OH)–C–C–N with tert-alkyl or cyclic N) is 1. The number of carbonyl (C=O) groups is 1. The summed E-state index contributed by atoms with van der Waals surface area (Å²) in [6, 6.07) is 1.38. The quantitative estimate of drug-likeness (QED) is 0.341. The van der Waals surface area contributed by atoms with Crippen molar-refractivity contribution in [3.8, 4) is 11.8 Å². The fraction of sp³-hybridized carbons (Fsp3) is 0.900. The lowest BCUT2D eigenvalue weighted by Gasteiger charge is -2.45. The van der Waals surface area contributed by atoms with E-state index < -0.39 is 11.6 Å². The molecule has 4 rings (SSSR count). The van der Waals surface area contributed by atoms with Gasteiger partial charge in [-0.15, -0.1) is 5.92 Å². The van der Waals surface area contributed by atoms with Crippen molar-refractivity contribution < 1.29 is 25.0 Å². The zero-order valence-electron chi connectivity index (χ0n) is 23.2. The number of aliphatic hydroxyl groups is 2. The fourth-order valence-electron chi connectivity index (χ4n) is 7.64. The van der Waals surface area contributed by atoms with Gasteiger partial charge in [-0.2, -0.15) is 0 Å². The summed E-state index contributed by atoms with van der Waals surface area (Å²) in [6.45, 7) is 6.77. The third-order valence-electron chi connectivity index (χ3n) is 10.1. The number of carboxylic acids is 1. The molecule has 4 aliphatic heterocycles. The number of aliphatic carboxylic acids is 1. The van der Waals surface area contributed by atoms with Gasteiger partial charge >= 0.3 is 0 Å². The van der Waals surface area contributed by atoms with Crippen LogP contribution in [0.2, 0.25) is 0 Å². The highest BCUT2D eigenvalue weighted by atomic mass is 16.4. The van der Waals surface area contributed by atoms with E-state index in [0.29, 0.717) is 30.5 Å². The second kappa shape index (κ2) is 12.8. The standard InChI is InChI=1S/C30H51N3O4/c1-22-27(34)12-11-26-18-24(13-17-33(22)26)10-9-23-6-3-4-14-30(37,20-28(35)36)21-32-29(2)15-16-31-25(19-29)8-5-7-23/h22-27,31-32,34,37H,3-4,6,8-21H2,1-2H3,(H,35,36)/t22-,23+,24+,25+,26-,27+,29+,30+/m0/s1. The first-order chi connectivity index (χ1) is 17.6. The van der Waals surface area contributed by atoms with Crippen LogP contribution in [0.1, 0.15) is 104 Å². The number of hydrogen-bond donors (Lipinski definition) is 5. The van der Waals surface area contributed by atoms with E-state index in [1.165, 1.54) is 25.8 Å². The Bertz CT molecular complexity index is 827. The minimum atomic E-state index is -1.27. The lowest BCUT2D eigenvalue weighted by atomic mass is 9.79. The summed E-state index contributed by atoms with van der Waals surface area (Å²) in [5, 5.41) is 40.0. The van der Waals surface area contributed by atoms with Crippen LogP contribution in [-0.2, 0) is 4.79 Å².